The predicted molar refractivity (Wildman–Crippen MR) is 84.1 cm³/mol. The van der Waals surface area contributed by atoms with Crippen molar-refractivity contribution < 1.29 is 8.78 Å². The first-order valence-corrected chi connectivity index (χ1v) is 7.15. The molecule has 25 heavy (non-hydrogen) atoms. The van der Waals surface area contributed by atoms with Crippen LogP contribution in [-0.2, 0) is 0 Å². The van der Waals surface area contributed by atoms with Crippen LogP contribution in [0.25, 0.3) is 22.5 Å². The molecule has 4 rings (SSSR count). The number of aryl methyl sites for hydroxylation is 1. The first-order valence-electron chi connectivity index (χ1n) is 7.15. The van der Waals surface area contributed by atoms with Crippen LogP contribution in [0.5, 0.6) is 0 Å². The Kier molecular flexibility index (Phi) is 3.14. The second-order valence-corrected chi connectivity index (χ2v) is 5.38. The number of aromatic nitrogens is 6. The van der Waals surface area contributed by atoms with Gasteiger partial charge in [0.2, 0.25) is 5.95 Å². The Morgan fingerprint density at radius 3 is 2.44 bits per heavy atom. The van der Waals surface area contributed by atoms with Gasteiger partial charge in [-0.25, -0.2) is 23.1 Å². The molecule has 2 N–H and O–H groups in total. The van der Waals surface area contributed by atoms with E-state index in [0.717, 1.165) is 16.8 Å². The summed E-state index contributed by atoms with van der Waals surface area (Å²) in [5.41, 5.74) is -0.452. The Balaban J connectivity index is 2.05. The number of hydrogen-bond acceptors (Lipinski definition) is 4. The van der Waals surface area contributed by atoms with E-state index in [0.29, 0.717) is 11.8 Å². The molecule has 8 nitrogen and oxygen atoms in total. The maximum absolute atomic E-state index is 13.5. The number of rotatable bonds is 2. The smallest absolute Gasteiger partial charge is 0.280 e. The van der Waals surface area contributed by atoms with Crippen molar-refractivity contribution in [3.05, 3.63) is 68.6 Å². The van der Waals surface area contributed by atoms with Gasteiger partial charge in [0.25, 0.3) is 11.1 Å². The van der Waals surface area contributed by atoms with Gasteiger partial charge in [-0.3, -0.25) is 14.7 Å². The monoisotopic (exact) mass is 344 g/mol. The van der Waals surface area contributed by atoms with Crippen LogP contribution in [0.15, 0.2) is 40.2 Å². The number of halogens is 2. The molecule has 0 aliphatic rings. The molecular formula is C15H10F2N6O2. The zero-order chi connectivity index (χ0) is 17.7. The maximum atomic E-state index is 13.5. The van der Waals surface area contributed by atoms with Gasteiger partial charge >= 0.3 is 0 Å². The molecule has 0 atom stereocenters. The molecule has 126 valence electrons. The lowest BCUT2D eigenvalue weighted by Crippen LogP contribution is -2.22. The van der Waals surface area contributed by atoms with E-state index in [-0.39, 0.29) is 22.5 Å². The molecule has 0 unspecified atom stereocenters. The SMILES string of the molecule is Cc1c2c(=O)n(-c3cc(F)cc(F)c3)[nH]c2cc(=O)n1-c1ncn[nH]1. The van der Waals surface area contributed by atoms with Gasteiger partial charge in [-0.15, -0.1) is 0 Å². The number of benzene rings is 1. The predicted octanol–water partition coefficient (Wildman–Crippen LogP) is 1.17. The Morgan fingerprint density at radius 2 is 1.80 bits per heavy atom. The van der Waals surface area contributed by atoms with Crippen LogP contribution < -0.4 is 11.1 Å². The summed E-state index contributed by atoms with van der Waals surface area (Å²) in [5.74, 6) is -1.48. The molecule has 0 amide bonds. The van der Waals surface area contributed by atoms with Crippen LogP contribution in [0, 0.1) is 18.6 Å². The van der Waals surface area contributed by atoms with Crippen molar-refractivity contribution in [2.75, 3.05) is 0 Å². The fourth-order valence-corrected chi connectivity index (χ4v) is 2.79. The van der Waals surface area contributed by atoms with Gasteiger partial charge in [0.1, 0.15) is 18.0 Å². The number of hydrogen-bond donors (Lipinski definition) is 2. The summed E-state index contributed by atoms with van der Waals surface area (Å²) in [5, 5.41) is 9.14. The Morgan fingerprint density at radius 1 is 1.08 bits per heavy atom. The first kappa shape index (κ1) is 15.0. The molecule has 4 aromatic rings. The summed E-state index contributed by atoms with van der Waals surface area (Å²) in [6.07, 6.45) is 1.23. The van der Waals surface area contributed by atoms with Crippen LogP contribution in [0.2, 0.25) is 0 Å². The van der Waals surface area contributed by atoms with Crippen LogP contribution in [0.3, 0.4) is 0 Å². The van der Waals surface area contributed by atoms with Gasteiger partial charge in [0.05, 0.1) is 16.6 Å². The Bertz CT molecular complexity index is 1200. The lowest BCUT2D eigenvalue weighted by atomic mass is 10.2. The van der Waals surface area contributed by atoms with Gasteiger partial charge in [0, 0.05) is 17.8 Å². The third-order valence-electron chi connectivity index (χ3n) is 3.82. The van der Waals surface area contributed by atoms with E-state index < -0.39 is 22.8 Å². The number of aromatic amines is 2. The summed E-state index contributed by atoms with van der Waals surface area (Å²) in [6, 6.07) is 3.93. The van der Waals surface area contributed by atoms with Crippen molar-refractivity contribution in [1.29, 1.82) is 0 Å². The van der Waals surface area contributed by atoms with E-state index in [1.807, 2.05) is 0 Å². The van der Waals surface area contributed by atoms with Crippen molar-refractivity contribution >= 4 is 10.9 Å². The normalized spacial score (nSPS) is 11.3. The second-order valence-electron chi connectivity index (χ2n) is 5.38. The van der Waals surface area contributed by atoms with E-state index in [4.69, 9.17) is 0 Å². The summed E-state index contributed by atoms with van der Waals surface area (Å²) in [7, 11) is 0. The highest BCUT2D eigenvalue weighted by molar-refractivity contribution is 5.81. The Labute approximate surface area is 137 Å². The minimum Gasteiger partial charge on any atom is -0.290 e. The molecule has 3 aromatic heterocycles. The van der Waals surface area contributed by atoms with E-state index in [9.17, 15) is 18.4 Å². The quantitative estimate of drug-likeness (QED) is 0.570. The van der Waals surface area contributed by atoms with Crippen LogP contribution in [-0.4, -0.2) is 29.5 Å². The average molecular weight is 344 g/mol. The molecule has 0 aliphatic carbocycles. The molecule has 0 fully saturated rings. The lowest BCUT2D eigenvalue weighted by molar-refractivity contribution is 0.580. The van der Waals surface area contributed by atoms with Crippen LogP contribution >= 0.6 is 0 Å². The second kappa shape index (κ2) is 5.23. The van der Waals surface area contributed by atoms with E-state index in [1.165, 1.54) is 17.0 Å². The van der Waals surface area contributed by atoms with Crippen LogP contribution in [0.4, 0.5) is 8.78 Å². The highest BCUT2D eigenvalue weighted by Crippen LogP contribution is 2.16. The number of nitrogens with zero attached hydrogens (tertiary/aromatic N) is 4. The first-order chi connectivity index (χ1) is 12.0. The van der Waals surface area contributed by atoms with Crippen molar-refractivity contribution in [2.24, 2.45) is 0 Å². The molecule has 0 aliphatic heterocycles. The highest BCUT2D eigenvalue weighted by atomic mass is 19.1. The summed E-state index contributed by atoms with van der Waals surface area (Å²) in [6.45, 7) is 1.57. The molecule has 0 saturated heterocycles. The molecule has 0 spiro atoms. The number of pyridine rings is 1. The molecule has 1 aromatic carbocycles. The third kappa shape index (κ3) is 2.26. The van der Waals surface area contributed by atoms with E-state index in [1.54, 1.807) is 6.92 Å². The minimum absolute atomic E-state index is 0.0169. The Hall–Kier alpha value is -3.56. The fraction of sp³-hybridized carbons (Fsp3) is 0.0667. The van der Waals surface area contributed by atoms with Crippen molar-refractivity contribution in [2.45, 2.75) is 6.92 Å². The lowest BCUT2D eigenvalue weighted by Gasteiger charge is -2.05. The maximum Gasteiger partial charge on any atom is 0.280 e. The largest absolute Gasteiger partial charge is 0.290 e. The van der Waals surface area contributed by atoms with Gasteiger partial charge in [0.15, 0.2) is 0 Å². The number of nitrogens with one attached hydrogen (secondary N) is 2. The molecule has 0 bridgehead atoms. The molecule has 3 heterocycles. The van der Waals surface area contributed by atoms with E-state index in [2.05, 4.69) is 20.3 Å². The summed E-state index contributed by atoms with van der Waals surface area (Å²) < 4.78 is 29.1. The molecule has 10 heteroatoms. The van der Waals surface area contributed by atoms with Crippen LogP contribution in [0.1, 0.15) is 5.69 Å². The number of H-pyrrole nitrogens is 2. The topological polar surface area (TPSA) is 101 Å². The van der Waals surface area contributed by atoms with Crippen molar-refractivity contribution in [3.63, 3.8) is 0 Å². The minimum atomic E-state index is -0.821. The summed E-state index contributed by atoms with van der Waals surface area (Å²) >= 11 is 0. The van der Waals surface area contributed by atoms with Gasteiger partial charge < -0.3 is 0 Å². The third-order valence-corrected chi connectivity index (χ3v) is 3.82. The molecule has 0 radical (unpaired) electrons. The van der Waals surface area contributed by atoms with Gasteiger partial charge in [-0.1, -0.05) is 0 Å². The van der Waals surface area contributed by atoms with Gasteiger partial charge in [-0.2, -0.15) is 10.1 Å². The highest BCUT2D eigenvalue weighted by Gasteiger charge is 2.17. The summed E-state index contributed by atoms with van der Waals surface area (Å²) in [4.78, 5) is 29.0. The van der Waals surface area contributed by atoms with Crippen molar-refractivity contribution in [3.8, 4) is 11.6 Å². The standard InChI is InChI=1S/C15H10F2N6O2/c1-7-13-11(5-12(24)22(7)15-18-6-19-20-15)21-23(14(13)25)10-3-8(16)2-9(17)4-10/h2-6,21H,1H3,(H,18,19,20). The zero-order valence-electron chi connectivity index (χ0n) is 12.7. The zero-order valence-corrected chi connectivity index (χ0v) is 12.7. The average Bonchev–Trinajstić information content (AvgIpc) is 3.15. The van der Waals surface area contributed by atoms with Crippen molar-refractivity contribution in [1.82, 2.24) is 29.5 Å². The molecular weight excluding hydrogens is 334 g/mol. The van der Waals surface area contributed by atoms with Gasteiger partial charge in [-0.05, 0) is 19.1 Å². The number of fused-ring (bicyclic) bond motifs is 1. The fourth-order valence-electron chi connectivity index (χ4n) is 2.79. The molecule has 0 saturated carbocycles. The van der Waals surface area contributed by atoms with E-state index >= 15 is 0 Å².